The third kappa shape index (κ3) is 4.20. The van der Waals surface area contributed by atoms with Crippen LogP contribution in [0.15, 0.2) is 22.7 Å². The van der Waals surface area contributed by atoms with Gasteiger partial charge in [0.2, 0.25) is 0 Å². The van der Waals surface area contributed by atoms with Crippen LogP contribution in [0, 0.1) is 5.82 Å². The number of unbranched alkanes of at least 4 members (excludes halogenated alkanes) is 1. The third-order valence-electron chi connectivity index (χ3n) is 2.62. The van der Waals surface area contributed by atoms with Crippen molar-refractivity contribution in [3.05, 3.63) is 34.1 Å². The van der Waals surface area contributed by atoms with Crippen molar-refractivity contribution in [2.75, 3.05) is 0 Å². The van der Waals surface area contributed by atoms with Crippen molar-refractivity contribution in [1.82, 2.24) is 5.43 Å². The minimum absolute atomic E-state index is 0.221. The lowest BCUT2D eigenvalue weighted by Crippen LogP contribution is -2.36. The maximum atomic E-state index is 12.9. The lowest BCUT2D eigenvalue weighted by molar-refractivity contribution is 0.472. The van der Waals surface area contributed by atoms with Gasteiger partial charge >= 0.3 is 0 Å². The van der Waals surface area contributed by atoms with Crippen LogP contribution >= 0.6 is 15.9 Å². The second-order valence-electron chi connectivity index (χ2n) is 3.95. The molecule has 0 fully saturated rings. The number of hydrazine groups is 1. The Morgan fingerprint density at radius 2 is 2.25 bits per heavy atom. The monoisotopic (exact) mass is 288 g/mol. The number of hydrogen-bond acceptors (Lipinski definition) is 2. The van der Waals surface area contributed by atoms with Gasteiger partial charge in [0.15, 0.2) is 0 Å². The minimum atomic E-state index is -0.221. The van der Waals surface area contributed by atoms with Crippen molar-refractivity contribution in [2.24, 2.45) is 5.84 Å². The molecule has 0 radical (unpaired) electrons. The van der Waals surface area contributed by atoms with Gasteiger partial charge in [0.1, 0.15) is 5.82 Å². The van der Waals surface area contributed by atoms with E-state index in [-0.39, 0.29) is 11.9 Å². The molecule has 3 N–H and O–H groups in total. The molecule has 1 unspecified atom stereocenters. The molecule has 0 bridgehead atoms. The van der Waals surface area contributed by atoms with Crippen LogP contribution in [0.4, 0.5) is 4.39 Å². The van der Waals surface area contributed by atoms with Gasteiger partial charge in [0.25, 0.3) is 0 Å². The standard InChI is InChI=1S/C12H18BrFN2/c1-2-3-4-11(16-15)7-9-5-6-10(14)8-12(9)13/h5-6,8,11,16H,2-4,7,15H2,1H3. The van der Waals surface area contributed by atoms with Crippen molar-refractivity contribution in [1.29, 1.82) is 0 Å². The summed E-state index contributed by atoms with van der Waals surface area (Å²) in [5.41, 5.74) is 3.90. The largest absolute Gasteiger partial charge is 0.271 e. The van der Waals surface area contributed by atoms with Crippen molar-refractivity contribution in [3.8, 4) is 0 Å². The molecule has 0 aliphatic rings. The topological polar surface area (TPSA) is 38.0 Å². The first-order chi connectivity index (χ1) is 7.67. The number of hydrogen-bond donors (Lipinski definition) is 2. The average molecular weight is 289 g/mol. The summed E-state index contributed by atoms with van der Waals surface area (Å²) >= 11 is 3.36. The predicted octanol–water partition coefficient (Wildman–Crippen LogP) is 3.15. The normalized spacial score (nSPS) is 12.8. The lowest BCUT2D eigenvalue weighted by Gasteiger charge is -2.16. The first-order valence-corrected chi connectivity index (χ1v) is 6.36. The smallest absolute Gasteiger partial charge is 0.124 e. The Labute approximate surface area is 105 Å². The maximum absolute atomic E-state index is 12.9. The summed E-state index contributed by atoms with van der Waals surface area (Å²) in [5.74, 6) is 5.28. The van der Waals surface area contributed by atoms with Crippen molar-refractivity contribution < 1.29 is 4.39 Å². The third-order valence-corrected chi connectivity index (χ3v) is 3.36. The summed E-state index contributed by atoms with van der Waals surface area (Å²) < 4.78 is 13.7. The Hall–Kier alpha value is -0.450. The minimum Gasteiger partial charge on any atom is -0.271 e. The van der Waals surface area contributed by atoms with Crippen molar-refractivity contribution >= 4 is 15.9 Å². The second kappa shape index (κ2) is 6.99. The van der Waals surface area contributed by atoms with E-state index in [1.54, 1.807) is 6.07 Å². The van der Waals surface area contributed by atoms with Crippen LogP contribution in [0.2, 0.25) is 0 Å². The molecule has 1 aromatic carbocycles. The zero-order valence-electron chi connectivity index (χ0n) is 9.47. The molecule has 0 aromatic heterocycles. The highest BCUT2D eigenvalue weighted by Gasteiger charge is 2.09. The van der Waals surface area contributed by atoms with Crippen LogP contribution in [0.3, 0.4) is 0 Å². The van der Waals surface area contributed by atoms with Crippen LogP contribution in [0.25, 0.3) is 0 Å². The molecule has 0 aliphatic heterocycles. The number of benzene rings is 1. The highest BCUT2D eigenvalue weighted by atomic mass is 79.9. The second-order valence-corrected chi connectivity index (χ2v) is 4.80. The van der Waals surface area contributed by atoms with Gasteiger partial charge in [-0.1, -0.05) is 41.8 Å². The Bertz CT molecular complexity index is 331. The van der Waals surface area contributed by atoms with Gasteiger partial charge in [-0.15, -0.1) is 0 Å². The van der Waals surface area contributed by atoms with Gasteiger partial charge in [0, 0.05) is 10.5 Å². The molecule has 0 spiro atoms. The van der Waals surface area contributed by atoms with E-state index in [2.05, 4.69) is 28.3 Å². The van der Waals surface area contributed by atoms with Crippen molar-refractivity contribution in [2.45, 2.75) is 38.6 Å². The molecule has 0 aliphatic carbocycles. The Kier molecular flexibility index (Phi) is 5.95. The van der Waals surface area contributed by atoms with Gasteiger partial charge in [-0.25, -0.2) is 4.39 Å². The fourth-order valence-corrected chi connectivity index (χ4v) is 2.16. The molecule has 1 rings (SSSR count). The van der Waals surface area contributed by atoms with Gasteiger partial charge in [-0.2, -0.15) is 0 Å². The SMILES string of the molecule is CCCCC(Cc1ccc(F)cc1Br)NN. The highest BCUT2D eigenvalue weighted by Crippen LogP contribution is 2.20. The molecule has 0 amide bonds. The van der Waals surface area contributed by atoms with E-state index in [9.17, 15) is 4.39 Å². The van der Waals surface area contributed by atoms with Gasteiger partial charge in [0.05, 0.1) is 0 Å². The summed E-state index contributed by atoms with van der Waals surface area (Å²) in [5, 5.41) is 0. The first kappa shape index (κ1) is 13.6. The molecule has 0 heterocycles. The molecule has 0 saturated heterocycles. The van der Waals surface area contributed by atoms with E-state index in [1.165, 1.54) is 12.1 Å². The number of rotatable bonds is 6. The van der Waals surface area contributed by atoms with Crippen LogP contribution in [0.5, 0.6) is 0 Å². The summed E-state index contributed by atoms with van der Waals surface area (Å²) in [6.07, 6.45) is 4.16. The summed E-state index contributed by atoms with van der Waals surface area (Å²) in [6.45, 7) is 2.15. The van der Waals surface area contributed by atoms with E-state index in [4.69, 9.17) is 5.84 Å². The molecular weight excluding hydrogens is 271 g/mol. The first-order valence-electron chi connectivity index (χ1n) is 5.57. The number of halogens is 2. The predicted molar refractivity (Wildman–Crippen MR) is 68.4 cm³/mol. The quantitative estimate of drug-likeness (QED) is 0.623. The van der Waals surface area contributed by atoms with E-state index in [0.29, 0.717) is 0 Å². The van der Waals surface area contributed by atoms with E-state index >= 15 is 0 Å². The van der Waals surface area contributed by atoms with Gasteiger partial charge in [-0.05, 0) is 30.5 Å². The summed E-state index contributed by atoms with van der Waals surface area (Å²) in [7, 11) is 0. The molecule has 0 saturated carbocycles. The van der Waals surface area contributed by atoms with Crippen LogP contribution in [-0.2, 0) is 6.42 Å². The fraction of sp³-hybridized carbons (Fsp3) is 0.500. The zero-order valence-corrected chi connectivity index (χ0v) is 11.1. The van der Waals surface area contributed by atoms with Gasteiger partial charge < -0.3 is 0 Å². The van der Waals surface area contributed by atoms with Crippen LogP contribution < -0.4 is 11.3 Å². The maximum Gasteiger partial charge on any atom is 0.124 e. The van der Waals surface area contributed by atoms with Gasteiger partial charge in [-0.3, -0.25) is 11.3 Å². The van der Waals surface area contributed by atoms with Crippen LogP contribution in [0.1, 0.15) is 31.7 Å². The molecule has 2 nitrogen and oxygen atoms in total. The molecular formula is C12H18BrFN2. The summed E-state index contributed by atoms with van der Waals surface area (Å²) in [4.78, 5) is 0. The molecule has 1 aromatic rings. The lowest BCUT2D eigenvalue weighted by atomic mass is 10.0. The molecule has 4 heteroatoms. The molecule has 90 valence electrons. The molecule has 1 atom stereocenters. The van der Waals surface area contributed by atoms with E-state index < -0.39 is 0 Å². The number of nitrogens with one attached hydrogen (secondary N) is 1. The zero-order chi connectivity index (χ0) is 12.0. The van der Waals surface area contributed by atoms with Crippen molar-refractivity contribution in [3.63, 3.8) is 0 Å². The Morgan fingerprint density at radius 1 is 1.50 bits per heavy atom. The Balaban J connectivity index is 2.62. The van der Waals surface area contributed by atoms with Crippen LogP contribution in [-0.4, -0.2) is 6.04 Å². The van der Waals surface area contributed by atoms with E-state index in [1.807, 2.05) is 0 Å². The Morgan fingerprint density at radius 3 is 2.81 bits per heavy atom. The fourth-order valence-electron chi connectivity index (χ4n) is 1.65. The highest BCUT2D eigenvalue weighted by molar-refractivity contribution is 9.10. The number of nitrogens with two attached hydrogens (primary N) is 1. The average Bonchev–Trinajstić information content (AvgIpc) is 2.27. The van der Waals surface area contributed by atoms with E-state index in [0.717, 1.165) is 35.7 Å². The summed E-state index contributed by atoms with van der Waals surface area (Å²) in [6, 6.07) is 5.02. The molecule has 16 heavy (non-hydrogen) atoms.